The van der Waals surface area contributed by atoms with E-state index in [1.807, 2.05) is 18.2 Å². The van der Waals surface area contributed by atoms with Crippen LogP contribution in [0.25, 0.3) is 0 Å². The third-order valence-corrected chi connectivity index (χ3v) is 4.11. The van der Waals surface area contributed by atoms with Crippen LogP contribution in [0.4, 0.5) is 5.69 Å². The second-order valence-corrected chi connectivity index (χ2v) is 5.97. The van der Waals surface area contributed by atoms with E-state index in [9.17, 15) is 9.90 Å². The second-order valence-electron chi connectivity index (χ2n) is 5.97. The van der Waals surface area contributed by atoms with Gasteiger partial charge in [0.05, 0.1) is 12.6 Å². The van der Waals surface area contributed by atoms with Crippen molar-refractivity contribution >= 4 is 11.6 Å². The van der Waals surface area contributed by atoms with E-state index in [0.29, 0.717) is 13.1 Å². The Kier molecular flexibility index (Phi) is 6.68. The van der Waals surface area contributed by atoms with Gasteiger partial charge in [0.15, 0.2) is 0 Å². The van der Waals surface area contributed by atoms with E-state index < -0.39 is 0 Å². The fourth-order valence-corrected chi connectivity index (χ4v) is 2.69. The van der Waals surface area contributed by atoms with Crippen molar-refractivity contribution in [2.75, 3.05) is 44.7 Å². The van der Waals surface area contributed by atoms with Crippen LogP contribution in [0, 0.1) is 0 Å². The highest BCUT2D eigenvalue weighted by Gasteiger charge is 2.18. The molecule has 1 aromatic rings. The summed E-state index contributed by atoms with van der Waals surface area (Å²) >= 11 is 0. The van der Waals surface area contributed by atoms with Gasteiger partial charge in [0.25, 0.3) is 0 Å². The lowest BCUT2D eigenvalue weighted by molar-refractivity contribution is -0.122. The minimum absolute atomic E-state index is 0.0822. The Morgan fingerprint density at radius 3 is 2.68 bits per heavy atom. The molecule has 1 aliphatic heterocycles. The smallest absolute Gasteiger partial charge is 0.234 e. The Morgan fingerprint density at radius 2 is 2.00 bits per heavy atom. The molecule has 0 bridgehead atoms. The van der Waals surface area contributed by atoms with Crippen molar-refractivity contribution in [2.45, 2.75) is 25.4 Å². The molecule has 0 unspecified atom stereocenters. The molecule has 0 aliphatic carbocycles. The standard InChI is InChI=1S/C17H27N3O2/c1-19(15-6-3-2-4-7-15)11-5-10-18-17(22)14-20-12-8-16(21)9-13-20/h2-4,6-7,16,21H,5,8-14H2,1H3,(H,18,22). The molecule has 22 heavy (non-hydrogen) atoms. The van der Waals surface area contributed by atoms with Crippen molar-refractivity contribution in [3.8, 4) is 0 Å². The van der Waals surface area contributed by atoms with Gasteiger partial charge in [-0.3, -0.25) is 9.69 Å². The number of rotatable bonds is 7. The van der Waals surface area contributed by atoms with Crippen LogP contribution in [0.2, 0.25) is 0 Å². The predicted molar refractivity (Wildman–Crippen MR) is 89.0 cm³/mol. The summed E-state index contributed by atoms with van der Waals surface area (Å²) in [5.74, 6) is 0.0822. The van der Waals surface area contributed by atoms with Crippen molar-refractivity contribution < 1.29 is 9.90 Å². The Balaban J connectivity index is 1.57. The molecule has 1 aromatic carbocycles. The van der Waals surface area contributed by atoms with Gasteiger partial charge < -0.3 is 15.3 Å². The number of aliphatic hydroxyl groups excluding tert-OH is 1. The number of carbonyl (C=O) groups is 1. The highest BCUT2D eigenvalue weighted by Crippen LogP contribution is 2.11. The number of likely N-dealkylation sites (tertiary alicyclic amines) is 1. The van der Waals surface area contributed by atoms with E-state index in [2.05, 4.69) is 34.3 Å². The summed E-state index contributed by atoms with van der Waals surface area (Å²) in [7, 11) is 2.07. The van der Waals surface area contributed by atoms with Gasteiger partial charge >= 0.3 is 0 Å². The predicted octanol–water partition coefficient (Wildman–Crippen LogP) is 1.09. The SMILES string of the molecule is CN(CCCNC(=O)CN1CCC(O)CC1)c1ccccc1. The quantitative estimate of drug-likeness (QED) is 0.740. The number of anilines is 1. The van der Waals surface area contributed by atoms with Gasteiger partial charge in [0.1, 0.15) is 0 Å². The van der Waals surface area contributed by atoms with Crippen LogP contribution in [-0.2, 0) is 4.79 Å². The van der Waals surface area contributed by atoms with Crippen LogP contribution >= 0.6 is 0 Å². The highest BCUT2D eigenvalue weighted by atomic mass is 16.3. The van der Waals surface area contributed by atoms with Gasteiger partial charge in [0.2, 0.25) is 5.91 Å². The fourth-order valence-electron chi connectivity index (χ4n) is 2.69. The van der Waals surface area contributed by atoms with E-state index in [1.54, 1.807) is 0 Å². The molecule has 5 nitrogen and oxygen atoms in total. The largest absolute Gasteiger partial charge is 0.393 e. The monoisotopic (exact) mass is 305 g/mol. The number of para-hydroxylation sites is 1. The molecule has 1 saturated heterocycles. The number of hydrogen-bond acceptors (Lipinski definition) is 4. The molecule has 0 aromatic heterocycles. The highest BCUT2D eigenvalue weighted by molar-refractivity contribution is 5.77. The van der Waals surface area contributed by atoms with Gasteiger partial charge in [0, 0.05) is 38.9 Å². The van der Waals surface area contributed by atoms with Crippen molar-refractivity contribution in [1.82, 2.24) is 10.2 Å². The van der Waals surface area contributed by atoms with Crippen LogP contribution in [0.15, 0.2) is 30.3 Å². The lowest BCUT2D eigenvalue weighted by Crippen LogP contribution is -2.43. The Bertz CT molecular complexity index is 444. The van der Waals surface area contributed by atoms with E-state index in [4.69, 9.17) is 0 Å². The minimum atomic E-state index is -0.187. The zero-order valence-corrected chi connectivity index (χ0v) is 13.4. The summed E-state index contributed by atoms with van der Waals surface area (Å²) in [5, 5.41) is 12.4. The lowest BCUT2D eigenvalue weighted by Gasteiger charge is -2.28. The maximum Gasteiger partial charge on any atom is 0.234 e. The molecule has 1 aliphatic rings. The number of nitrogens with zero attached hydrogens (tertiary/aromatic N) is 2. The van der Waals surface area contributed by atoms with Gasteiger partial charge in [-0.15, -0.1) is 0 Å². The topological polar surface area (TPSA) is 55.8 Å². The first-order chi connectivity index (χ1) is 10.6. The van der Waals surface area contributed by atoms with Crippen molar-refractivity contribution in [2.24, 2.45) is 0 Å². The van der Waals surface area contributed by atoms with Crippen LogP contribution in [0.1, 0.15) is 19.3 Å². The van der Waals surface area contributed by atoms with Crippen LogP contribution in [-0.4, -0.2) is 61.8 Å². The van der Waals surface area contributed by atoms with Crippen molar-refractivity contribution in [1.29, 1.82) is 0 Å². The third kappa shape index (κ3) is 5.66. The van der Waals surface area contributed by atoms with Crippen LogP contribution in [0.3, 0.4) is 0 Å². The molecule has 2 rings (SSSR count). The maximum absolute atomic E-state index is 11.9. The molecule has 5 heteroatoms. The van der Waals surface area contributed by atoms with Gasteiger partial charge in [-0.25, -0.2) is 0 Å². The lowest BCUT2D eigenvalue weighted by atomic mass is 10.1. The van der Waals surface area contributed by atoms with E-state index in [-0.39, 0.29) is 12.0 Å². The molecule has 0 saturated carbocycles. The number of hydrogen-bond donors (Lipinski definition) is 2. The molecule has 1 fully saturated rings. The summed E-state index contributed by atoms with van der Waals surface area (Å²) in [6, 6.07) is 10.2. The molecule has 0 spiro atoms. The zero-order valence-electron chi connectivity index (χ0n) is 13.4. The van der Waals surface area contributed by atoms with Crippen molar-refractivity contribution in [3.05, 3.63) is 30.3 Å². The molecule has 1 heterocycles. The summed E-state index contributed by atoms with van der Waals surface area (Å²) < 4.78 is 0. The average Bonchev–Trinajstić information content (AvgIpc) is 2.54. The molecule has 2 N–H and O–H groups in total. The van der Waals surface area contributed by atoms with Gasteiger partial charge in [-0.2, -0.15) is 0 Å². The first-order valence-corrected chi connectivity index (χ1v) is 8.08. The van der Waals surface area contributed by atoms with Gasteiger partial charge in [-0.1, -0.05) is 18.2 Å². The number of benzene rings is 1. The van der Waals surface area contributed by atoms with E-state index in [1.165, 1.54) is 5.69 Å². The summed E-state index contributed by atoms with van der Waals surface area (Å²) in [6.07, 6.45) is 2.29. The first kappa shape index (κ1) is 16.8. The number of carbonyl (C=O) groups excluding carboxylic acids is 1. The Labute approximate surface area is 132 Å². The minimum Gasteiger partial charge on any atom is -0.393 e. The summed E-state index contributed by atoms with van der Waals surface area (Å²) in [4.78, 5) is 16.2. The molecule has 122 valence electrons. The Morgan fingerprint density at radius 1 is 1.32 bits per heavy atom. The molecule has 0 atom stereocenters. The second kappa shape index (κ2) is 8.76. The van der Waals surface area contributed by atoms with E-state index in [0.717, 1.165) is 38.9 Å². The van der Waals surface area contributed by atoms with Crippen molar-refractivity contribution in [3.63, 3.8) is 0 Å². The van der Waals surface area contributed by atoms with Crippen LogP contribution in [0.5, 0.6) is 0 Å². The molecular formula is C17H27N3O2. The number of aliphatic hydroxyl groups is 1. The zero-order chi connectivity index (χ0) is 15.8. The Hall–Kier alpha value is -1.59. The van der Waals surface area contributed by atoms with E-state index >= 15 is 0 Å². The summed E-state index contributed by atoms with van der Waals surface area (Å²) in [5.41, 5.74) is 1.20. The molecule has 0 radical (unpaired) electrons. The maximum atomic E-state index is 11.9. The van der Waals surface area contributed by atoms with Gasteiger partial charge in [-0.05, 0) is 31.4 Å². The molecule has 1 amide bonds. The number of piperidine rings is 1. The third-order valence-electron chi connectivity index (χ3n) is 4.11. The van der Waals surface area contributed by atoms with Crippen LogP contribution < -0.4 is 10.2 Å². The molecular weight excluding hydrogens is 278 g/mol. The summed E-state index contributed by atoms with van der Waals surface area (Å²) in [6.45, 7) is 3.69. The average molecular weight is 305 g/mol. The fraction of sp³-hybridized carbons (Fsp3) is 0.588. The first-order valence-electron chi connectivity index (χ1n) is 8.08. The normalized spacial score (nSPS) is 16.5. The number of nitrogens with one attached hydrogen (secondary N) is 1. The number of amides is 1.